The SMILES string of the molecule is Cc1cc2c3c4c1c1cc5oc6ccccc6c5cc1n4-c1cc4c(cc1B3N(c1ccc(C(C)(C)C)cc1)c1cc3sc5ccc(C(C)(C)C)cc5c3cc1-2)sc1ccccc14. The molecular weight excluding hydrogens is 804 g/mol. The molecule has 0 aliphatic carbocycles. The Morgan fingerprint density at radius 2 is 1.19 bits per heavy atom. The number of rotatable bonds is 1. The number of aryl methyl sites for hydroxylation is 1. The maximum absolute atomic E-state index is 6.62. The van der Waals surface area contributed by atoms with Gasteiger partial charge in [0.25, 0.3) is 0 Å². The first-order chi connectivity index (χ1) is 30.4. The Bertz CT molecular complexity index is 4010. The summed E-state index contributed by atoms with van der Waals surface area (Å²) in [6.07, 6.45) is 0. The molecule has 0 unspecified atom stereocenters. The highest BCUT2D eigenvalue weighted by Crippen LogP contribution is 2.51. The lowest BCUT2D eigenvalue weighted by atomic mass is 9.44. The van der Waals surface area contributed by atoms with E-state index >= 15 is 0 Å². The van der Waals surface area contributed by atoms with E-state index in [-0.39, 0.29) is 17.7 Å². The van der Waals surface area contributed by atoms with E-state index < -0.39 is 0 Å². The quantitative estimate of drug-likeness (QED) is 0.154. The summed E-state index contributed by atoms with van der Waals surface area (Å²) < 4.78 is 14.6. The van der Waals surface area contributed by atoms with Crippen LogP contribution < -0.4 is 15.7 Å². The van der Waals surface area contributed by atoms with E-state index in [1.165, 1.54) is 118 Å². The van der Waals surface area contributed by atoms with Crippen LogP contribution in [0.3, 0.4) is 0 Å². The molecule has 8 aromatic carbocycles. The van der Waals surface area contributed by atoms with E-state index in [9.17, 15) is 0 Å². The van der Waals surface area contributed by atoms with Crippen molar-refractivity contribution in [3.05, 3.63) is 150 Å². The Hall–Kier alpha value is -6.34. The van der Waals surface area contributed by atoms with Crippen molar-refractivity contribution in [1.29, 1.82) is 0 Å². The van der Waals surface area contributed by atoms with Crippen LogP contribution in [0.25, 0.3) is 101 Å². The third-order valence-corrected chi connectivity index (χ3v) is 16.6. The molecule has 0 amide bonds. The predicted octanol–water partition coefficient (Wildman–Crippen LogP) is 15.6. The molecule has 0 saturated carbocycles. The number of para-hydroxylation sites is 1. The van der Waals surface area contributed by atoms with Crippen molar-refractivity contribution in [3.63, 3.8) is 0 Å². The Kier molecular flexibility index (Phi) is 6.90. The zero-order chi connectivity index (χ0) is 42.4. The van der Waals surface area contributed by atoms with Crippen LogP contribution in [0.2, 0.25) is 0 Å². The average Bonchev–Trinajstić information content (AvgIpc) is 4.02. The van der Waals surface area contributed by atoms with Gasteiger partial charge in [0.1, 0.15) is 11.2 Å². The Morgan fingerprint density at radius 1 is 0.508 bits per heavy atom. The first kappa shape index (κ1) is 36.2. The second-order valence-electron chi connectivity index (χ2n) is 20.2. The summed E-state index contributed by atoms with van der Waals surface area (Å²) in [6.45, 7) is 16.1. The molecular formula is C57H43BN2OS2. The highest BCUT2D eigenvalue weighted by atomic mass is 32.1. The molecule has 6 heteroatoms. The van der Waals surface area contributed by atoms with Crippen LogP contribution in [-0.4, -0.2) is 11.4 Å². The molecule has 12 aromatic rings. The summed E-state index contributed by atoms with van der Waals surface area (Å²) in [5, 5.41) is 10.2. The summed E-state index contributed by atoms with van der Waals surface area (Å²) >= 11 is 3.83. The minimum atomic E-state index is -0.0688. The lowest BCUT2D eigenvalue weighted by Crippen LogP contribution is -2.60. The number of hydrogen-bond donors (Lipinski definition) is 0. The molecule has 0 N–H and O–H groups in total. The molecule has 3 nitrogen and oxygen atoms in total. The van der Waals surface area contributed by atoms with Crippen LogP contribution in [0.5, 0.6) is 0 Å². The molecule has 0 spiro atoms. The van der Waals surface area contributed by atoms with Gasteiger partial charge in [-0.2, -0.15) is 0 Å². The molecule has 0 radical (unpaired) electrons. The first-order valence-electron chi connectivity index (χ1n) is 22.2. The third kappa shape index (κ3) is 4.80. The van der Waals surface area contributed by atoms with Crippen molar-refractivity contribution in [2.45, 2.75) is 59.3 Å². The van der Waals surface area contributed by atoms with Crippen molar-refractivity contribution in [2.24, 2.45) is 0 Å². The second kappa shape index (κ2) is 12.0. The number of thiophene rings is 2. The van der Waals surface area contributed by atoms with Gasteiger partial charge in [-0.25, -0.2) is 0 Å². The van der Waals surface area contributed by atoms with E-state index in [1.807, 2.05) is 22.7 Å². The third-order valence-electron chi connectivity index (χ3n) is 14.4. The molecule has 6 heterocycles. The minimum Gasteiger partial charge on any atom is -0.456 e. The Labute approximate surface area is 373 Å². The van der Waals surface area contributed by atoms with E-state index in [2.05, 4.69) is 191 Å². The predicted molar refractivity (Wildman–Crippen MR) is 275 cm³/mol. The molecule has 0 bridgehead atoms. The summed E-state index contributed by atoms with van der Waals surface area (Å²) in [5.74, 6) is 0. The van der Waals surface area contributed by atoms with Crippen LogP contribution in [0.1, 0.15) is 58.2 Å². The van der Waals surface area contributed by atoms with Crippen LogP contribution in [0.15, 0.2) is 138 Å². The van der Waals surface area contributed by atoms with Gasteiger partial charge < -0.3 is 13.8 Å². The number of fused-ring (bicyclic) bond motifs is 17. The monoisotopic (exact) mass is 846 g/mol. The number of anilines is 2. The second-order valence-corrected chi connectivity index (χ2v) is 22.3. The van der Waals surface area contributed by atoms with Gasteiger partial charge in [0.05, 0.1) is 11.0 Å². The van der Waals surface area contributed by atoms with Gasteiger partial charge in [-0.05, 0) is 124 Å². The minimum absolute atomic E-state index is 0.0411. The maximum atomic E-state index is 6.62. The smallest absolute Gasteiger partial charge is 0.333 e. The zero-order valence-electron chi connectivity index (χ0n) is 36.4. The largest absolute Gasteiger partial charge is 0.456 e. The van der Waals surface area contributed by atoms with Gasteiger partial charge in [0, 0.05) is 84.5 Å². The van der Waals surface area contributed by atoms with E-state index in [4.69, 9.17) is 4.42 Å². The molecule has 14 rings (SSSR count). The fourth-order valence-electron chi connectivity index (χ4n) is 11.3. The zero-order valence-corrected chi connectivity index (χ0v) is 38.0. The number of furan rings is 1. The van der Waals surface area contributed by atoms with Crippen molar-refractivity contribution in [1.82, 2.24) is 4.57 Å². The van der Waals surface area contributed by atoms with Crippen LogP contribution in [0, 0.1) is 6.92 Å². The molecule has 2 aliphatic rings. The number of hydrogen-bond acceptors (Lipinski definition) is 4. The summed E-state index contributed by atoms with van der Waals surface area (Å²) in [6, 6.07) is 51.4. The molecule has 0 atom stereocenters. The van der Waals surface area contributed by atoms with Gasteiger partial charge in [-0.1, -0.05) is 102 Å². The van der Waals surface area contributed by atoms with Crippen LogP contribution in [-0.2, 0) is 10.8 Å². The fraction of sp³-hybridized carbons (Fsp3) is 0.158. The number of nitrogens with zero attached hydrogens (tertiary/aromatic N) is 2. The van der Waals surface area contributed by atoms with Gasteiger partial charge in [0.2, 0.25) is 0 Å². The normalized spacial score (nSPS) is 13.9. The lowest BCUT2D eigenvalue weighted by molar-refractivity contribution is 0.590. The van der Waals surface area contributed by atoms with Gasteiger partial charge in [-0.3, -0.25) is 0 Å². The standard InChI is InChI=1S/C57H43BN2OS2/c1-30-22-41-36-24-39-38-23-32(57(5,6)7)18-21-50(38)63-52(39)29-45(36)60(33-19-16-31(17-20-33)56(2,3)4)58-43-28-51-40(35-13-9-11-15-49(35)62-51)26-46(43)59-44-25-37-34-12-8-10-14-47(34)61-48(37)27-42(44)53(30)55(59)54(41)58/h8-29H,1-7H3. The lowest BCUT2D eigenvalue weighted by Gasteiger charge is -2.42. The maximum Gasteiger partial charge on any atom is 0.333 e. The van der Waals surface area contributed by atoms with E-state index in [0.717, 1.165) is 21.9 Å². The summed E-state index contributed by atoms with van der Waals surface area (Å²) in [5.41, 5.74) is 17.5. The molecule has 302 valence electrons. The first-order valence-corrected chi connectivity index (χ1v) is 23.8. The molecule has 63 heavy (non-hydrogen) atoms. The fourth-order valence-corrected chi connectivity index (χ4v) is 13.5. The molecule has 4 aromatic heterocycles. The highest BCUT2D eigenvalue weighted by molar-refractivity contribution is 7.26. The van der Waals surface area contributed by atoms with Gasteiger partial charge in [0.15, 0.2) is 0 Å². The number of aromatic nitrogens is 1. The average molecular weight is 847 g/mol. The molecule has 2 aliphatic heterocycles. The van der Waals surface area contributed by atoms with Crippen molar-refractivity contribution >= 4 is 136 Å². The summed E-state index contributed by atoms with van der Waals surface area (Å²) in [7, 11) is 0. The Balaban J connectivity index is 1.17. The van der Waals surface area contributed by atoms with Gasteiger partial charge in [-0.15, -0.1) is 22.7 Å². The van der Waals surface area contributed by atoms with E-state index in [1.54, 1.807) is 0 Å². The Morgan fingerprint density at radius 3 is 1.98 bits per heavy atom. The summed E-state index contributed by atoms with van der Waals surface area (Å²) in [4.78, 5) is 2.70. The highest BCUT2D eigenvalue weighted by Gasteiger charge is 2.45. The van der Waals surface area contributed by atoms with Crippen molar-refractivity contribution in [2.75, 3.05) is 4.81 Å². The van der Waals surface area contributed by atoms with Crippen LogP contribution >= 0.6 is 22.7 Å². The van der Waals surface area contributed by atoms with Crippen molar-refractivity contribution < 1.29 is 4.42 Å². The molecule has 0 saturated heterocycles. The van der Waals surface area contributed by atoms with Gasteiger partial charge >= 0.3 is 6.85 Å². The van der Waals surface area contributed by atoms with Crippen molar-refractivity contribution in [3.8, 4) is 16.8 Å². The topological polar surface area (TPSA) is 21.3 Å². The van der Waals surface area contributed by atoms with Crippen LogP contribution in [0.4, 0.5) is 11.4 Å². The molecule has 0 fully saturated rings. The number of benzene rings is 8. The van der Waals surface area contributed by atoms with E-state index in [0.29, 0.717) is 0 Å².